The van der Waals surface area contributed by atoms with Crippen molar-refractivity contribution in [3.8, 4) is 0 Å². The van der Waals surface area contributed by atoms with Gasteiger partial charge < -0.3 is 14.6 Å². The zero-order valence-corrected chi connectivity index (χ0v) is 11.9. The van der Waals surface area contributed by atoms with Gasteiger partial charge in [-0.3, -0.25) is 4.90 Å². The van der Waals surface area contributed by atoms with Crippen LogP contribution >= 0.6 is 0 Å². The summed E-state index contributed by atoms with van der Waals surface area (Å²) < 4.78 is 5.67. The highest BCUT2D eigenvalue weighted by Crippen LogP contribution is 2.28. The van der Waals surface area contributed by atoms with Gasteiger partial charge in [-0.1, -0.05) is 18.2 Å². The summed E-state index contributed by atoms with van der Waals surface area (Å²) in [4.78, 5) is 13.3. The summed E-state index contributed by atoms with van der Waals surface area (Å²) >= 11 is 0. The molecule has 0 saturated carbocycles. The van der Waals surface area contributed by atoms with Gasteiger partial charge in [0.05, 0.1) is 13.2 Å². The Balaban J connectivity index is 2.44. The normalized spacial score (nSPS) is 12.2. The Kier molecular flexibility index (Phi) is 3.83. The SMILES string of the molecule is CN(Cc1oc2ccccc2c1C(=O)O)C(C)(C)CO. The number of hydrogen-bond donors (Lipinski definition) is 2. The molecule has 0 saturated heterocycles. The molecule has 0 amide bonds. The molecule has 1 aromatic carbocycles. The van der Waals surface area contributed by atoms with Crippen molar-refractivity contribution in [2.45, 2.75) is 25.9 Å². The van der Waals surface area contributed by atoms with Gasteiger partial charge in [-0.25, -0.2) is 4.79 Å². The highest BCUT2D eigenvalue weighted by Gasteiger charge is 2.27. The number of furan rings is 1. The molecule has 0 unspecified atom stereocenters. The highest BCUT2D eigenvalue weighted by molar-refractivity contribution is 6.03. The number of benzene rings is 1. The van der Waals surface area contributed by atoms with Gasteiger partial charge in [-0.15, -0.1) is 0 Å². The second-order valence-corrected chi connectivity index (χ2v) is 5.53. The molecule has 5 heteroatoms. The number of rotatable bonds is 5. The zero-order valence-electron chi connectivity index (χ0n) is 11.9. The number of carbonyl (C=O) groups is 1. The molecule has 0 bridgehead atoms. The second-order valence-electron chi connectivity index (χ2n) is 5.53. The summed E-state index contributed by atoms with van der Waals surface area (Å²) in [5.74, 6) is -0.595. The van der Waals surface area contributed by atoms with Crippen molar-refractivity contribution in [1.82, 2.24) is 4.90 Å². The number of carboxylic acid groups (broad SMARTS) is 1. The molecule has 0 aliphatic heterocycles. The Morgan fingerprint density at radius 3 is 2.60 bits per heavy atom. The lowest BCUT2D eigenvalue weighted by Gasteiger charge is -2.33. The van der Waals surface area contributed by atoms with Gasteiger partial charge >= 0.3 is 5.97 Å². The smallest absolute Gasteiger partial charge is 0.339 e. The first kappa shape index (κ1) is 14.6. The van der Waals surface area contributed by atoms with Gasteiger partial charge in [0.25, 0.3) is 0 Å². The van der Waals surface area contributed by atoms with E-state index >= 15 is 0 Å². The Morgan fingerprint density at radius 1 is 1.35 bits per heavy atom. The first-order valence-electron chi connectivity index (χ1n) is 6.42. The van der Waals surface area contributed by atoms with Crippen LogP contribution in [0.1, 0.15) is 30.0 Å². The van der Waals surface area contributed by atoms with Crippen molar-refractivity contribution in [2.24, 2.45) is 0 Å². The predicted molar refractivity (Wildman–Crippen MR) is 75.8 cm³/mol. The lowest BCUT2D eigenvalue weighted by Crippen LogP contribution is -2.43. The molecule has 20 heavy (non-hydrogen) atoms. The van der Waals surface area contributed by atoms with Gasteiger partial charge in [0, 0.05) is 10.9 Å². The van der Waals surface area contributed by atoms with Crippen LogP contribution in [-0.2, 0) is 6.54 Å². The van der Waals surface area contributed by atoms with Crippen LogP contribution in [0.15, 0.2) is 28.7 Å². The quantitative estimate of drug-likeness (QED) is 0.877. The second kappa shape index (κ2) is 5.26. The van der Waals surface area contributed by atoms with E-state index in [1.807, 2.05) is 31.9 Å². The fourth-order valence-corrected chi connectivity index (χ4v) is 1.99. The van der Waals surface area contributed by atoms with Gasteiger partial charge in [0.1, 0.15) is 16.9 Å². The highest BCUT2D eigenvalue weighted by atomic mass is 16.4. The lowest BCUT2D eigenvalue weighted by atomic mass is 10.0. The summed E-state index contributed by atoms with van der Waals surface area (Å²) in [6, 6.07) is 7.09. The summed E-state index contributed by atoms with van der Waals surface area (Å²) in [5, 5.41) is 19.4. The van der Waals surface area contributed by atoms with Crippen LogP contribution in [0.4, 0.5) is 0 Å². The maximum atomic E-state index is 11.5. The number of para-hydroxylation sites is 1. The summed E-state index contributed by atoms with van der Waals surface area (Å²) in [5.41, 5.74) is 0.311. The minimum Gasteiger partial charge on any atom is -0.478 e. The van der Waals surface area contributed by atoms with Gasteiger partial charge in [-0.2, -0.15) is 0 Å². The van der Waals surface area contributed by atoms with Crippen molar-refractivity contribution < 1.29 is 19.4 Å². The van der Waals surface area contributed by atoms with Crippen LogP contribution in [-0.4, -0.2) is 40.3 Å². The van der Waals surface area contributed by atoms with Crippen LogP contribution in [0.3, 0.4) is 0 Å². The molecule has 0 spiro atoms. The Bertz CT molecular complexity index is 630. The van der Waals surface area contributed by atoms with Crippen molar-refractivity contribution in [2.75, 3.05) is 13.7 Å². The van der Waals surface area contributed by atoms with Gasteiger partial charge in [0.15, 0.2) is 0 Å². The summed E-state index contributed by atoms with van der Waals surface area (Å²) in [7, 11) is 1.83. The Hall–Kier alpha value is -1.85. The Labute approximate surface area is 117 Å². The third-order valence-corrected chi connectivity index (χ3v) is 3.68. The van der Waals surface area contributed by atoms with Gasteiger partial charge in [-0.05, 0) is 27.0 Å². The number of aliphatic hydroxyl groups excluding tert-OH is 1. The molecule has 0 aliphatic rings. The predicted octanol–water partition coefficient (Wildman–Crippen LogP) is 2.33. The molecule has 2 N–H and O–H groups in total. The lowest BCUT2D eigenvalue weighted by molar-refractivity contribution is 0.0642. The fourth-order valence-electron chi connectivity index (χ4n) is 1.99. The summed E-state index contributed by atoms with van der Waals surface area (Å²) in [6.45, 7) is 4.07. The molecule has 5 nitrogen and oxygen atoms in total. The first-order chi connectivity index (χ1) is 9.36. The van der Waals surface area contributed by atoms with Crippen LogP contribution in [0.25, 0.3) is 11.0 Å². The van der Waals surface area contributed by atoms with E-state index in [0.29, 0.717) is 23.3 Å². The molecule has 0 aliphatic carbocycles. The molecule has 1 heterocycles. The van der Waals surface area contributed by atoms with Gasteiger partial charge in [0.2, 0.25) is 0 Å². The molecule has 0 radical (unpaired) electrons. The van der Waals surface area contributed by atoms with E-state index in [4.69, 9.17) is 4.42 Å². The van der Waals surface area contributed by atoms with Crippen molar-refractivity contribution in [3.63, 3.8) is 0 Å². The average molecular weight is 277 g/mol. The number of carboxylic acids is 1. The third kappa shape index (κ3) is 2.55. The fraction of sp³-hybridized carbons (Fsp3) is 0.400. The summed E-state index contributed by atoms with van der Waals surface area (Å²) in [6.07, 6.45) is 0. The topological polar surface area (TPSA) is 73.9 Å². The number of aromatic carboxylic acids is 1. The monoisotopic (exact) mass is 277 g/mol. The molecule has 1 aromatic heterocycles. The van der Waals surface area contributed by atoms with E-state index in [1.54, 1.807) is 18.2 Å². The number of fused-ring (bicyclic) bond motifs is 1. The van der Waals surface area contributed by atoms with Crippen molar-refractivity contribution >= 4 is 16.9 Å². The largest absolute Gasteiger partial charge is 0.478 e. The van der Waals surface area contributed by atoms with Crippen molar-refractivity contribution in [1.29, 1.82) is 0 Å². The first-order valence-corrected chi connectivity index (χ1v) is 6.42. The minimum absolute atomic E-state index is 0.0217. The number of hydrogen-bond acceptors (Lipinski definition) is 4. The number of aliphatic hydroxyl groups is 1. The molecule has 2 aromatic rings. The van der Waals surface area contributed by atoms with E-state index in [0.717, 1.165) is 0 Å². The maximum absolute atomic E-state index is 11.5. The number of likely N-dealkylation sites (N-methyl/N-ethyl adjacent to an activating group) is 1. The molecule has 0 atom stereocenters. The van der Waals surface area contributed by atoms with E-state index in [-0.39, 0.29) is 12.2 Å². The van der Waals surface area contributed by atoms with E-state index in [1.165, 1.54) is 0 Å². The molecule has 0 fully saturated rings. The van der Waals surface area contributed by atoms with Crippen LogP contribution in [0, 0.1) is 0 Å². The number of nitrogens with zero attached hydrogens (tertiary/aromatic N) is 1. The van der Waals surface area contributed by atoms with Crippen LogP contribution in [0.2, 0.25) is 0 Å². The molecular formula is C15H19NO4. The van der Waals surface area contributed by atoms with E-state index in [9.17, 15) is 15.0 Å². The molecule has 2 rings (SSSR count). The van der Waals surface area contributed by atoms with Crippen LogP contribution < -0.4 is 0 Å². The maximum Gasteiger partial charge on any atom is 0.339 e. The van der Waals surface area contributed by atoms with E-state index < -0.39 is 11.5 Å². The standard InChI is InChI=1S/C15H19NO4/c1-15(2,9-17)16(3)8-12-13(14(18)19)10-6-4-5-7-11(10)20-12/h4-7,17H,8-9H2,1-3H3,(H,18,19). The Morgan fingerprint density at radius 2 is 2.00 bits per heavy atom. The van der Waals surface area contributed by atoms with Crippen molar-refractivity contribution in [3.05, 3.63) is 35.6 Å². The van der Waals surface area contributed by atoms with E-state index in [2.05, 4.69) is 0 Å². The molecular weight excluding hydrogens is 258 g/mol. The average Bonchev–Trinajstić information content (AvgIpc) is 2.76. The zero-order chi connectivity index (χ0) is 14.9. The third-order valence-electron chi connectivity index (χ3n) is 3.68. The molecule has 108 valence electrons. The minimum atomic E-state index is -1.000. The van der Waals surface area contributed by atoms with Crippen LogP contribution in [0.5, 0.6) is 0 Å².